The number of rotatable bonds is 6. The number of carbonyl (C=O) groups is 1. The van der Waals surface area contributed by atoms with Crippen LogP contribution in [0.1, 0.15) is 13.3 Å². The zero-order valence-electron chi connectivity index (χ0n) is 10.0. The van der Waals surface area contributed by atoms with Crippen LogP contribution in [0.3, 0.4) is 0 Å². The van der Waals surface area contributed by atoms with Crippen molar-refractivity contribution in [1.82, 2.24) is 5.32 Å². The molecule has 1 aromatic heterocycles. The number of thiophene rings is 1. The molecule has 96 valence electrons. The first-order chi connectivity index (χ1) is 8.03. The number of urea groups is 1. The Hall–Kier alpha value is -0.720. The quantitative estimate of drug-likeness (QED) is 0.746. The third-order valence-electron chi connectivity index (χ3n) is 2.23. The van der Waals surface area contributed by atoms with Gasteiger partial charge in [0.15, 0.2) is 0 Å². The lowest BCUT2D eigenvalue weighted by Crippen LogP contribution is -2.42. The maximum absolute atomic E-state index is 11.5. The fraction of sp³-hybridized carbons (Fsp3) is 0.545. The molecule has 0 aliphatic rings. The van der Waals surface area contributed by atoms with Crippen LogP contribution in [0.2, 0.25) is 0 Å². The molecule has 0 aromatic carbocycles. The Kier molecular flexibility index (Phi) is 5.80. The van der Waals surface area contributed by atoms with Crippen LogP contribution >= 0.6 is 23.1 Å². The minimum atomic E-state index is -0.851. The highest BCUT2D eigenvalue weighted by molar-refractivity contribution is 7.98. The number of thioether (sulfide) groups is 1. The first kappa shape index (κ1) is 14.3. The van der Waals surface area contributed by atoms with Crippen molar-refractivity contribution in [3.05, 3.63) is 17.5 Å². The number of amides is 2. The van der Waals surface area contributed by atoms with Gasteiger partial charge in [0.2, 0.25) is 0 Å². The van der Waals surface area contributed by atoms with Gasteiger partial charge < -0.3 is 10.4 Å². The molecule has 1 rings (SSSR count). The highest BCUT2D eigenvalue weighted by Crippen LogP contribution is 2.15. The lowest BCUT2D eigenvalue weighted by molar-refractivity contribution is 0.0599. The molecule has 0 radical (unpaired) electrons. The van der Waals surface area contributed by atoms with E-state index in [1.165, 1.54) is 11.3 Å². The van der Waals surface area contributed by atoms with Crippen LogP contribution in [0.4, 0.5) is 9.80 Å². The molecule has 2 amide bonds. The van der Waals surface area contributed by atoms with Crippen LogP contribution in [0.15, 0.2) is 17.5 Å². The zero-order valence-corrected chi connectivity index (χ0v) is 11.7. The minimum absolute atomic E-state index is 0.255. The summed E-state index contributed by atoms with van der Waals surface area (Å²) in [6.45, 7) is 1.99. The summed E-state index contributed by atoms with van der Waals surface area (Å²) in [5.74, 6) is 0.876. The van der Waals surface area contributed by atoms with Crippen LogP contribution in [0, 0.1) is 0 Å². The summed E-state index contributed by atoms with van der Waals surface area (Å²) < 4.78 is 0. The molecule has 1 unspecified atom stereocenters. The Labute approximate surface area is 110 Å². The van der Waals surface area contributed by atoms with E-state index in [0.717, 1.165) is 10.8 Å². The minimum Gasteiger partial charge on any atom is -0.388 e. The normalized spacial score (nSPS) is 14.1. The maximum atomic E-state index is 11.5. The van der Waals surface area contributed by atoms with Crippen molar-refractivity contribution in [2.24, 2.45) is 0 Å². The fourth-order valence-corrected chi connectivity index (χ4v) is 2.44. The van der Waals surface area contributed by atoms with Gasteiger partial charge in [-0.15, -0.1) is 11.3 Å². The highest BCUT2D eigenvalue weighted by atomic mass is 32.2. The van der Waals surface area contributed by atoms with Crippen molar-refractivity contribution in [3.8, 4) is 0 Å². The van der Waals surface area contributed by atoms with Gasteiger partial charge >= 0.3 is 6.03 Å². The summed E-state index contributed by atoms with van der Waals surface area (Å²) in [5.41, 5.74) is -0.851. The van der Waals surface area contributed by atoms with E-state index in [2.05, 4.69) is 10.6 Å². The molecule has 4 nitrogen and oxygen atoms in total. The Bertz CT molecular complexity index is 339. The van der Waals surface area contributed by atoms with Crippen molar-refractivity contribution in [3.63, 3.8) is 0 Å². The van der Waals surface area contributed by atoms with Crippen LogP contribution in [0.25, 0.3) is 0 Å². The van der Waals surface area contributed by atoms with E-state index >= 15 is 0 Å². The Balaban J connectivity index is 2.27. The predicted octanol–water partition coefficient (Wildman–Crippen LogP) is 2.37. The molecule has 3 N–H and O–H groups in total. The fourth-order valence-electron chi connectivity index (χ4n) is 1.19. The third-order valence-corrected chi connectivity index (χ3v) is 3.63. The van der Waals surface area contributed by atoms with Gasteiger partial charge in [-0.2, -0.15) is 11.8 Å². The van der Waals surface area contributed by atoms with Gasteiger partial charge in [-0.1, -0.05) is 0 Å². The van der Waals surface area contributed by atoms with Gasteiger partial charge in [0.05, 0.1) is 10.6 Å². The second kappa shape index (κ2) is 6.88. The summed E-state index contributed by atoms with van der Waals surface area (Å²) in [6.07, 6.45) is 2.65. The van der Waals surface area contributed by atoms with Crippen LogP contribution < -0.4 is 10.6 Å². The second-order valence-electron chi connectivity index (χ2n) is 4.02. The SMILES string of the molecule is CSCCC(C)(O)CNC(=O)Nc1cccs1. The Morgan fingerprint density at radius 1 is 1.65 bits per heavy atom. The smallest absolute Gasteiger partial charge is 0.319 e. The monoisotopic (exact) mass is 274 g/mol. The van der Waals surface area contributed by atoms with Gasteiger partial charge in [-0.25, -0.2) is 4.79 Å². The second-order valence-corrected chi connectivity index (χ2v) is 5.96. The summed E-state index contributed by atoms with van der Waals surface area (Å²) in [4.78, 5) is 11.5. The Morgan fingerprint density at radius 2 is 2.41 bits per heavy atom. The van der Waals surface area contributed by atoms with Gasteiger partial charge in [-0.3, -0.25) is 5.32 Å². The molecule has 17 heavy (non-hydrogen) atoms. The molecule has 0 fully saturated rings. The predicted molar refractivity (Wildman–Crippen MR) is 75.0 cm³/mol. The van der Waals surface area contributed by atoms with E-state index < -0.39 is 5.60 Å². The van der Waals surface area contributed by atoms with Crippen LogP contribution in [-0.2, 0) is 0 Å². The van der Waals surface area contributed by atoms with Crippen molar-refractivity contribution in [2.75, 3.05) is 23.9 Å². The molecule has 1 atom stereocenters. The molecule has 0 aliphatic carbocycles. The van der Waals surface area contributed by atoms with Crippen molar-refractivity contribution >= 4 is 34.1 Å². The van der Waals surface area contributed by atoms with E-state index in [4.69, 9.17) is 0 Å². The molecular formula is C11H18N2O2S2. The molecule has 1 heterocycles. The molecule has 1 aromatic rings. The van der Waals surface area contributed by atoms with E-state index in [9.17, 15) is 9.90 Å². The third kappa shape index (κ3) is 5.95. The number of hydrogen-bond acceptors (Lipinski definition) is 4. The Morgan fingerprint density at radius 3 is 3.00 bits per heavy atom. The van der Waals surface area contributed by atoms with Crippen molar-refractivity contribution in [2.45, 2.75) is 18.9 Å². The highest BCUT2D eigenvalue weighted by Gasteiger charge is 2.20. The lowest BCUT2D eigenvalue weighted by atomic mass is 10.0. The van der Waals surface area contributed by atoms with Crippen molar-refractivity contribution in [1.29, 1.82) is 0 Å². The topological polar surface area (TPSA) is 61.4 Å². The number of nitrogens with one attached hydrogen (secondary N) is 2. The molecule has 0 bridgehead atoms. The van der Waals surface area contributed by atoms with Gasteiger partial charge in [0.1, 0.15) is 0 Å². The summed E-state index contributed by atoms with van der Waals surface area (Å²) >= 11 is 3.14. The molecule has 0 aliphatic heterocycles. The molecular weight excluding hydrogens is 256 g/mol. The van der Waals surface area contributed by atoms with Crippen molar-refractivity contribution < 1.29 is 9.90 Å². The average Bonchev–Trinajstić information content (AvgIpc) is 2.77. The zero-order chi connectivity index (χ0) is 12.7. The van der Waals surface area contributed by atoms with Gasteiger partial charge in [-0.05, 0) is 42.9 Å². The van der Waals surface area contributed by atoms with Gasteiger partial charge in [0, 0.05) is 6.54 Å². The largest absolute Gasteiger partial charge is 0.388 e. The van der Waals surface area contributed by atoms with Gasteiger partial charge in [0.25, 0.3) is 0 Å². The first-order valence-corrected chi connectivity index (χ1v) is 7.60. The molecule has 0 saturated carbocycles. The number of hydrogen-bond donors (Lipinski definition) is 3. The lowest BCUT2D eigenvalue weighted by Gasteiger charge is -2.23. The summed E-state index contributed by atoms with van der Waals surface area (Å²) in [6, 6.07) is 3.42. The maximum Gasteiger partial charge on any atom is 0.319 e. The van der Waals surface area contributed by atoms with E-state index in [0.29, 0.717) is 6.42 Å². The summed E-state index contributed by atoms with van der Waals surface area (Å²) in [5, 5.41) is 18.0. The van der Waals surface area contributed by atoms with Crippen LogP contribution in [-0.4, -0.2) is 35.3 Å². The number of aliphatic hydroxyl groups is 1. The van der Waals surface area contributed by atoms with E-state index in [-0.39, 0.29) is 12.6 Å². The molecule has 0 spiro atoms. The van der Waals surface area contributed by atoms with E-state index in [1.54, 1.807) is 18.7 Å². The standard InChI is InChI=1S/C11H18N2O2S2/c1-11(15,5-7-16-2)8-12-10(14)13-9-4-3-6-17-9/h3-4,6,15H,5,7-8H2,1-2H3,(H2,12,13,14). The molecule has 6 heteroatoms. The number of carbonyl (C=O) groups excluding carboxylic acids is 1. The van der Waals surface area contributed by atoms with E-state index in [1.807, 2.05) is 23.8 Å². The number of anilines is 1. The molecule has 0 saturated heterocycles. The van der Waals surface area contributed by atoms with Crippen LogP contribution in [0.5, 0.6) is 0 Å². The first-order valence-electron chi connectivity index (χ1n) is 5.33. The average molecular weight is 274 g/mol. The summed E-state index contributed by atoms with van der Waals surface area (Å²) in [7, 11) is 0.